The molecule has 110 valence electrons. The first-order valence-electron chi connectivity index (χ1n) is 7.26. The third-order valence-electron chi connectivity index (χ3n) is 3.64. The third kappa shape index (κ3) is 3.66. The van der Waals surface area contributed by atoms with Crippen LogP contribution in [0.3, 0.4) is 0 Å². The zero-order valence-corrected chi connectivity index (χ0v) is 11.8. The molecule has 1 fully saturated rings. The van der Waals surface area contributed by atoms with Gasteiger partial charge in [0.25, 0.3) is 0 Å². The number of nitrogens with zero attached hydrogens (tertiary/aromatic N) is 3. The molecule has 3 rings (SSSR count). The first kappa shape index (κ1) is 13.8. The SMILES string of the molecule is O=C(Cc1ccccn1)Nc1cnn(C2CCNCC2)c1. The highest BCUT2D eigenvalue weighted by Gasteiger charge is 2.16. The second-order valence-electron chi connectivity index (χ2n) is 5.24. The summed E-state index contributed by atoms with van der Waals surface area (Å²) in [6.45, 7) is 2.04. The maximum atomic E-state index is 12.0. The molecule has 2 N–H and O–H groups in total. The zero-order valence-electron chi connectivity index (χ0n) is 11.8. The molecule has 0 aromatic carbocycles. The highest BCUT2D eigenvalue weighted by molar-refractivity contribution is 5.91. The molecule has 2 aromatic rings. The lowest BCUT2D eigenvalue weighted by atomic mass is 10.1. The van der Waals surface area contributed by atoms with Gasteiger partial charge >= 0.3 is 0 Å². The molecule has 6 nitrogen and oxygen atoms in total. The van der Waals surface area contributed by atoms with Crippen molar-refractivity contribution in [2.45, 2.75) is 25.3 Å². The summed E-state index contributed by atoms with van der Waals surface area (Å²) < 4.78 is 1.96. The summed E-state index contributed by atoms with van der Waals surface area (Å²) in [6.07, 6.45) is 7.73. The number of aromatic nitrogens is 3. The predicted molar refractivity (Wildman–Crippen MR) is 79.9 cm³/mol. The number of amides is 1. The summed E-state index contributed by atoms with van der Waals surface area (Å²) in [7, 11) is 0. The number of nitrogens with one attached hydrogen (secondary N) is 2. The summed E-state index contributed by atoms with van der Waals surface area (Å²) in [5.41, 5.74) is 1.51. The molecule has 1 saturated heterocycles. The van der Waals surface area contributed by atoms with Crippen LogP contribution in [0, 0.1) is 0 Å². The minimum Gasteiger partial charge on any atom is -0.323 e. The van der Waals surface area contributed by atoms with Gasteiger partial charge in [0.05, 0.1) is 24.3 Å². The largest absolute Gasteiger partial charge is 0.323 e. The summed E-state index contributed by atoms with van der Waals surface area (Å²) in [5.74, 6) is -0.0708. The Labute approximate surface area is 123 Å². The molecule has 21 heavy (non-hydrogen) atoms. The first-order valence-corrected chi connectivity index (χ1v) is 7.26. The lowest BCUT2D eigenvalue weighted by molar-refractivity contribution is -0.115. The Bertz CT molecular complexity index is 589. The van der Waals surface area contributed by atoms with Crippen LogP contribution in [0.2, 0.25) is 0 Å². The third-order valence-corrected chi connectivity index (χ3v) is 3.64. The number of anilines is 1. The Hall–Kier alpha value is -2.21. The van der Waals surface area contributed by atoms with E-state index in [-0.39, 0.29) is 12.3 Å². The van der Waals surface area contributed by atoms with E-state index >= 15 is 0 Å². The minimum atomic E-state index is -0.0708. The smallest absolute Gasteiger partial charge is 0.230 e. The van der Waals surface area contributed by atoms with Crippen molar-refractivity contribution in [3.8, 4) is 0 Å². The van der Waals surface area contributed by atoms with Gasteiger partial charge in [-0.2, -0.15) is 5.10 Å². The molecule has 0 radical (unpaired) electrons. The normalized spacial score (nSPS) is 15.8. The van der Waals surface area contributed by atoms with Gasteiger partial charge in [0.1, 0.15) is 0 Å². The van der Waals surface area contributed by atoms with Gasteiger partial charge in [0.2, 0.25) is 5.91 Å². The van der Waals surface area contributed by atoms with E-state index in [0.29, 0.717) is 6.04 Å². The summed E-state index contributed by atoms with van der Waals surface area (Å²) in [6, 6.07) is 5.99. The van der Waals surface area contributed by atoms with Crippen LogP contribution in [-0.4, -0.2) is 33.8 Å². The molecule has 1 aliphatic rings. The van der Waals surface area contributed by atoms with Crippen molar-refractivity contribution in [2.75, 3.05) is 18.4 Å². The Morgan fingerprint density at radius 3 is 3.00 bits per heavy atom. The van der Waals surface area contributed by atoms with Gasteiger partial charge < -0.3 is 10.6 Å². The van der Waals surface area contributed by atoms with Crippen LogP contribution in [0.1, 0.15) is 24.6 Å². The van der Waals surface area contributed by atoms with Gasteiger partial charge in [0, 0.05) is 18.1 Å². The molecule has 0 spiro atoms. The molecule has 0 unspecified atom stereocenters. The quantitative estimate of drug-likeness (QED) is 0.890. The average molecular weight is 285 g/mol. The van der Waals surface area contributed by atoms with Crippen molar-refractivity contribution in [3.05, 3.63) is 42.5 Å². The highest BCUT2D eigenvalue weighted by Crippen LogP contribution is 2.19. The predicted octanol–water partition coefficient (Wildman–Crippen LogP) is 1.38. The lowest BCUT2D eigenvalue weighted by Gasteiger charge is -2.22. The van der Waals surface area contributed by atoms with Crippen molar-refractivity contribution < 1.29 is 4.79 Å². The van der Waals surface area contributed by atoms with Gasteiger partial charge in [0.15, 0.2) is 0 Å². The van der Waals surface area contributed by atoms with Crippen LogP contribution < -0.4 is 10.6 Å². The molecular weight excluding hydrogens is 266 g/mol. The first-order chi connectivity index (χ1) is 10.3. The number of piperidine rings is 1. The van der Waals surface area contributed by atoms with E-state index in [1.54, 1.807) is 12.4 Å². The molecule has 2 aromatic heterocycles. The number of rotatable bonds is 4. The van der Waals surface area contributed by atoms with Crippen LogP contribution in [0.25, 0.3) is 0 Å². The van der Waals surface area contributed by atoms with E-state index in [4.69, 9.17) is 0 Å². The van der Waals surface area contributed by atoms with Crippen LogP contribution in [0.5, 0.6) is 0 Å². The minimum absolute atomic E-state index is 0.0708. The molecule has 3 heterocycles. The molecule has 0 aliphatic carbocycles. The monoisotopic (exact) mass is 285 g/mol. The van der Waals surface area contributed by atoms with Gasteiger partial charge in [-0.05, 0) is 38.1 Å². The van der Waals surface area contributed by atoms with Crippen molar-refractivity contribution in [2.24, 2.45) is 0 Å². The number of carbonyl (C=O) groups excluding carboxylic acids is 1. The van der Waals surface area contributed by atoms with Gasteiger partial charge in [-0.3, -0.25) is 14.5 Å². The Kier molecular flexibility index (Phi) is 4.25. The van der Waals surface area contributed by atoms with Gasteiger partial charge in [-0.15, -0.1) is 0 Å². The van der Waals surface area contributed by atoms with Crippen molar-refractivity contribution >= 4 is 11.6 Å². The van der Waals surface area contributed by atoms with E-state index in [1.807, 2.05) is 29.1 Å². The molecule has 0 bridgehead atoms. The maximum Gasteiger partial charge on any atom is 0.230 e. The maximum absolute atomic E-state index is 12.0. The van der Waals surface area contributed by atoms with E-state index in [9.17, 15) is 4.79 Å². The number of pyridine rings is 1. The fourth-order valence-corrected chi connectivity index (χ4v) is 2.55. The fourth-order valence-electron chi connectivity index (χ4n) is 2.55. The Morgan fingerprint density at radius 2 is 2.24 bits per heavy atom. The van der Waals surface area contributed by atoms with Gasteiger partial charge in [-0.25, -0.2) is 0 Å². The fraction of sp³-hybridized carbons (Fsp3) is 0.400. The molecule has 6 heteroatoms. The standard InChI is InChI=1S/C15H19N5O/c21-15(9-12-3-1-2-6-17-12)19-13-10-18-20(11-13)14-4-7-16-8-5-14/h1-3,6,10-11,14,16H,4-5,7-9H2,(H,19,21). The molecule has 0 saturated carbocycles. The van der Waals surface area contributed by atoms with Crippen molar-refractivity contribution in [3.63, 3.8) is 0 Å². The summed E-state index contributed by atoms with van der Waals surface area (Å²) in [4.78, 5) is 16.1. The van der Waals surface area contributed by atoms with E-state index in [2.05, 4.69) is 20.7 Å². The Balaban J connectivity index is 1.57. The molecular formula is C15H19N5O. The summed E-state index contributed by atoms with van der Waals surface area (Å²) in [5, 5.41) is 10.6. The molecule has 1 amide bonds. The number of carbonyl (C=O) groups is 1. The summed E-state index contributed by atoms with van der Waals surface area (Å²) >= 11 is 0. The molecule has 0 atom stereocenters. The Morgan fingerprint density at radius 1 is 1.38 bits per heavy atom. The number of hydrogen-bond acceptors (Lipinski definition) is 4. The van der Waals surface area contributed by atoms with Crippen LogP contribution in [-0.2, 0) is 11.2 Å². The molecule has 1 aliphatic heterocycles. The second kappa shape index (κ2) is 6.49. The van der Waals surface area contributed by atoms with Crippen LogP contribution >= 0.6 is 0 Å². The van der Waals surface area contributed by atoms with E-state index in [0.717, 1.165) is 37.3 Å². The van der Waals surface area contributed by atoms with Crippen molar-refractivity contribution in [1.82, 2.24) is 20.1 Å². The van der Waals surface area contributed by atoms with Crippen LogP contribution in [0.4, 0.5) is 5.69 Å². The topological polar surface area (TPSA) is 71.8 Å². The average Bonchev–Trinajstić information content (AvgIpc) is 2.97. The van der Waals surface area contributed by atoms with Crippen molar-refractivity contribution in [1.29, 1.82) is 0 Å². The zero-order chi connectivity index (χ0) is 14.5. The number of hydrogen-bond donors (Lipinski definition) is 2. The second-order valence-corrected chi connectivity index (χ2v) is 5.24. The highest BCUT2D eigenvalue weighted by atomic mass is 16.1. The van der Waals surface area contributed by atoms with Crippen LogP contribution in [0.15, 0.2) is 36.8 Å². The van der Waals surface area contributed by atoms with Gasteiger partial charge in [-0.1, -0.05) is 6.07 Å². The van der Waals surface area contributed by atoms with E-state index in [1.165, 1.54) is 0 Å². The lowest BCUT2D eigenvalue weighted by Crippen LogP contribution is -2.29. The van der Waals surface area contributed by atoms with E-state index < -0.39 is 0 Å².